The second kappa shape index (κ2) is 5.80. The van der Waals surface area contributed by atoms with Crippen molar-refractivity contribution in [2.45, 2.75) is 44.6 Å². The Morgan fingerprint density at radius 2 is 2.07 bits per heavy atom. The molecule has 146 valence electrons. The maximum absolute atomic E-state index is 13.0. The lowest BCUT2D eigenvalue weighted by atomic mass is 9.55. The van der Waals surface area contributed by atoms with Crippen LogP contribution >= 0.6 is 0 Å². The second-order valence-corrected chi connectivity index (χ2v) is 8.48. The molecule has 5 heteroatoms. The highest BCUT2D eigenvalue weighted by Crippen LogP contribution is 2.65. The molecule has 5 rings (SSSR count). The summed E-state index contributed by atoms with van der Waals surface area (Å²) in [5, 5.41) is 0. The van der Waals surface area contributed by atoms with Crippen LogP contribution in [0.25, 0.3) is 0 Å². The minimum Gasteiger partial charge on any atom is -0.466 e. The van der Waals surface area contributed by atoms with Gasteiger partial charge in [0, 0.05) is 37.2 Å². The monoisotopic (exact) mass is 378 g/mol. The number of benzene rings is 1. The van der Waals surface area contributed by atoms with E-state index in [1.807, 2.05) is 12.1 Å². The fraction of sp³-hybridized carbons (Fsp3) is 0.478. The molecule has 4 aliphatic rings. The topological polar surface area (TPSA) is 49.9 Å². The van der Waals surface area contributed by atoms with Gasteiger partial charge in [-0.2, -0.15) is 0 Å². The molecular weight excluding hydrogens is 352 g/mol. The maximum Gasteiger partial charge on any atom is 0.335 e. The molecule has 0 radical (unpaired) electrons. The van der Waals surface area contributed by atoms with Crippen LogP contribution in [0.15, 0.2) is 47.7 Å². The largest absolute Gasteiger partial charge is 0.466 e. The number of nitrogens with zero attached hydrogens (tertiary/aromatic N) is 2. The molecule has 28 heavy (non-hydrogen) atoms. The Balaban J connectivity index is 1.90. The van der Waals surface area contributed by atoms with Crippen molar-refractivity contribution in [1.29, 1.82) is 0 Å². The molecular formula is C23H26N2O3. The van der Waals surface area contributed by atoms with Crippen molar-refractivity contribution >= 4 is 17.6 Å². The number of hydrogen-bond donors (Lipinski definition) is 0. The van der Waals surface area contributed by atoms with Crippen LogP contribution < -0.4 is 4.90 Å². The van der Waals surface area contributed by atoms with Gasteiger partial charge in [-0.05, 0) is 30.9 Å². The van der Waals surface area contributed by atoms with Gasteiger partial charge in [0.2, 0.25) is 5.91 Å². The van der Waals surface area contributed by atoms with E-state index in [0.717, 1.165) is 37.3 Å². The van der Waals surface area contributed by atoms with Crippen molar-refractivity contribution in [3.05, 3.63) is 53.3 Å². The van der Waals surface area contributed by atoms with Gasteiger partial charge in [-0.15, -0.1) is 0 Å². The number of fused-ring (bicyclic) bond motifs is 1. The Labute approximate surface area is 165 Å². The fourth-order valence-electron chi connectivity index (χ4n) is 6.51. The highest BCUT2D eigenvalue weighted by Gasteiger charge is 2.67. The minimum atomic E-state index is -0.342. The average Bonchev–Trinajstić information content (AvgIpc) is 3.25. The standard InChI is InChI=1S/C23H26N2O3/c1-4-22-10-7-12-24-13-11-23(21(22)24)17-8-5-6-9-18(17)25(15(2)26)19(23)16(14-22)20(27)28-3/h5-10,21H,4,11-14H2,1-3H3/t21-,22-,23-/m0/s1. The molecule has 1 aromatic carbocycles. The van der Waals surface area contributed by atoms with Gasteiger partial charge in [0.15, 0.2) is 0 Å². The SMILES string of the molecule is CC[C@]12C=CCN3CC[C@]4(C(=C(C(=O)OC)C1)N(C(C)=O)c1ccccc14)[C@@H]32. The Kier molecular flexibility index (Phi) is 3.66. The summed E-state index contributed by atoms with van der Waals surface area (Å²) in [6, 6.07) is 8.45. The summed E-state index contributed by atoms with van der Waals surface area (Å²) >= 11 is 0. The van der Waals surface area contributed by atoms with E-state index in [9.17, 15) is 9.59 Å². The van der Waals surface area contributed by atoms with E-state index in [2.05, 4.69) is 36.1 Å². The molecule has 1 fully saturated rings. The summed E-state index contributed by atoms with van der Waals surface area (Å²) in [5.41, 5.74) is 3.18. The number of esters is 1. The first-order valence-corrected chi connectivity index (χ1v) is 10.1. The molecule has 3 atom stereocenters. The number of carbonyl (C=O) groups excluding carboxylic acids is 2. The fourth-order valence-corrected chi connectivity index (χ4v) is 6.51. The molecule has 1 saturated heterocycles. The van der Waals surface area contributed by atoms with Gasteiger partial charge in [-0.3, -0.25) is 14.6 Å². The van der Waals surface area contributed by atoms with Gasteiger partial charge >= 0.3 is 5.97 Å². The Bertz CT molecular complexity index is 949. The summed E-state index contributed by atoms with van der Waals surface area (Å²) in [7, 11) is 1.44. The van der Waals surface area contributed by atoms with Crippen molar-refractivity contribution < 1.29 is 14.3 Å². The summed E-state index contributed by atoms with van der Waals surface area (Å²) in [6.07, 6.45) is 7.06. The molecule has 3 aliphatic heterocycles. The van der Waals surface area contributed by atoms with Gasteiger partial charge in [-0.1, -0.05) is 37.3 Å². The van der Waals surface area contributed by atoms with Crippen molar-refractivity contribution in [2.75, 3.05) is 25.1 Å². The van der Waals surface area contributed by atoms with E-state index in [1.165, 1.54) is 12.7 Å². The summed E-state index contributed by atoms with van der Waals surface area (Å²) in [5.74, 6) is -0.355. The van der Waals surface area contributed by atoms with Crippen LogP contribution in [0.5, 0.6) is 0 Å². The Morgan fingerprint density at radius 3 is 2.79 bits per heavy atom. The zero-order valence-corrected chi connectivity index (χ0v) is 16.7. The average molecular weight is 378 g/mol. The zero-order chi connectivity index (χ0) is 19.7. The predicted octanol–water partition coefficient (Wildman–Crippen LogP) is 3.16. The number of anilines is 1. The molecule has 5 nitrogen and oxygen atoms in total. The van der Waals surface area contributed by atoms with Gasteiger partial charge < -0.3 is 4.74 Å². The van der Waals surface area contributed by atoms with E-state index in [1.54, 1.807) is 11.8 Å². The third-order valence-electron chi connectivity index (χ3n) is 7.43. The molecule has 1 spiro atoms. The summed E-state index contributed by atoms with van der Waals surface area (Å²) in [4.78, 5) is 30.1. The Hall–Kier alpha value is -2.40. The second-order valence-electron chi connectivity index (χ2n) is 8.48. The van der Waals surface area contributed by atoms with Crippen molar-refractivity contribution in [3.8, 4) is 0 Å². The number of hydrogen-bond acceptors (Lipinski definition) is 4. The van der Waals surface area contributed by atoms with E-state index >= 15 is 0 Å². The number of para-hydroxylation sites is 1. The molecule has 1 aliphatic carbocycles. The number of methoxy groups -OCH3 is 1. The van der Waals surface area contributed by atoms with E-state index in [-0.39, 0.29) is 28.7 Å². The summed E-state index contributed by atoms with van der Waals surface area (Å²) < 4.78 is 5.22. The zero-order valence-electron chi connectivity index (χ0n) is 16.7. The van der Waals surface area contributed by atoms with Crippen LogP contribution in [0.2, 0.25) is 0 Å². The molecule has 3 heterocycles. The predicted molar refractivity (Wildman–Crippen MR) is 107 cm³/mol. The first-order valence-electron chi connectivity index (χ1n) is 10.1. The molecule has 0 aromatic heterocycles. The lowest BCUT2D eigenvalue weighted by Crippen LogP contribution is -2.59. The van der Waals surface area contributed by atoms with Gasteiger partial charge in [-0.25, -0.2) is 4.79 Å². The van der Waals surface area contributed by atoms with E-state index < -0.39 is 0 Å². The molecule has 0 saturated carbocycles. The van der Waals surface area contributed by atoms with Crippen molar-refractivity contribution in [3.63, 3.8) is 0 Å². The molecule has 0 N–H and O–H groups in total. The van der Waals surface area contributed by atoms with Crippen LogP contribution in [0.4, 0.5) is 5.69 Å². The van der Waals surface area contributed by atoms with Crippen molar-refractivity contribution in [2.24, 2.45) is 5.41 Å². The number of ether oxygens (including phenoxy) is 1. The van der Waals surface area contributed by atoms with Crippen molar-refractivity contribution in [1.82, 2.24) is 4.90 Å². The highest BCUT2D eigenvalue weighted by atomic mass is 16.5. The van der Waals surface area contributed by atoms with Crippen LogP contribution in [0.1, 0.15) is 38.7 Å². The lowest BCUT2D eigenvalue weighted by molar-refractivity contribution is -0.137. The smallest absolute Gasteiger partial charge is 0.335 e. The van der Waals surface area contributed by atoms with Gasteiger partial charge in [0.25, 0.3) is 0 Å². The van der Waals surface area contributed by atoms with Crippen LogP contribution in [0, 0.1) is 5.41 Å². The van der Waals surface area contributed by atoms with E-state index in [4.69, 9.17) is 4.74 Å². The normalized spacial score (nSPS) is 32.8. The third kappa shape index (κ3) is 1.90. The minimum absolute atomic E-state index is 0.0467. The molecule has 0 bridgehead atoms. The number of amides is 1. The van der Waals surface area contributed by atoms with Crippen LogP contribution in [0.3, 0.4) is 0 Å². The third-order valence-corrected chi connectivity index (χ3v) is 7.43. The van der Waals surface area contributed by atoms with Gasteiger partial charge in [0.1, 0.15) is 0 Å². The first kappa shape index (κ1) is 17.7. The van der Waals surface area contributed by atoms with E-state index in [0.29, 0.717) is 12.0 Å². The molecule has 1 amide bonds. The quantitative estimate of drug-likeness (QED) is 0.586. The Morgan fingerprint density at radius 1 is 1.29 bits per heavy atom. The van der Waals surface area contributed by atoms with Crippen LogP contribution in [-0.2, 0) is 19.7 Å². The first-order chi connectivity index (χ1) is 13.5. The molecule has 0 unspecified atom stereocenters. The molecule has 1 aromatic rings. The maximum atomic E-state index is 13.0. The number of carbonyl (C=O) groups is 2. The summed E-state index contributed by atoms with van der Waals surface area (Å²) in [6.45, 7) is 5.70. The highest BCUT2D eigenvalue weighted by molar-refractivity contribution is 6.04. The van der Waals surface area contributed by atoms with Crippen LogP contribution in [-0.4, -0.2) is 43.0 Å². The number of rotatable bonds is 2. The van der Waals surface area contributed by atoms with Gasteiger partial charge in [0.05, 0.1) is 23.8 Å². The lowest BCUT2D eigenvalue weighted by Gasteiger charge is -2.54.